The molecule has 0 fully saturated rings. The van der Waals surface area contributed by atoms with Gasteiger partial charge >= 0.3 is 0 Å². The molecule has 0 N–H and O–H groups in total. The molecule has 0 radical (unpaired) electrons. The number of carbonyl (C=O) groups is 1. The van der Waals surface area contributed by atoms with Crippen LogP contribution in [0.2, 0.25) is 5.02 Å². The van der Waals surface area contributed by atoms with Gasteiger partial charge in [0.2, 0.25) is 0 Å². The maximum atomic E-state index is 12.3. The van der Waals surface area contributed by atoms with Gasteiger partial charge in [0.1, 0.15) is 0 Å². The third kappa shape index (κ3) is 3.87. The van der Waals surface area contributed by atoms with Crippen LogP contribution in [0.4, 0.5) is 0 Å². The number of aromatic nitrogens is 1. The summed E-state index contributed by atoms with van der Waals surface area (Å²) in [7, 11) is 1.95. The Morgan fingerprint density at radius 3 is 2.73 bits per heavy atom. The molecule has 0 bridgehead atoms. The molecule has 0 saturated heterocycles. The highest BCUT2D eigenvalue weighted by Crippen LogP contribution is 2.17. The molecule has 1 heterocycles. The molecule has 3 nitrogen and oxygen atoms in total. The normalized spacial score (nSPS) is 11.9. The largest absolute Gasteiger partial charge is 0.324 e. The number of unbranched alkanes of at least 4 members (excludes halogenated alkanes) is 2. The fourth-order valence-electron chi connectivity index (χ4n) is 2.23. The highest BCUT2D eigenvalue weighted by molar-refractivity contribution is 7.09. The topological polar surface area (TPSA) is 34.4 Å². The summed E-state index contributed by atoms with van der Waals surface area (Å²) >= 11 is 7.66. The van der Waals surface area contributed by atoms with Crippen molar-refractivity contribution in [2.45, 2.75) is 39.5 Å². The second kappa shape index (κ2) is 7.75. The third-order valence-electron chi connectivity index (χ3n) is 3.72. The lowest BCUT2D eigenvalue weighted by Gasteiger charge is -2.00. The van der Waals surface area contributed by atoms with E-state index in [1.165, 1.54) is 29.8 Å². The molecular weight excluding hydrogens is 316 g/mol. The van der Waals surface area contributed by atoms with Gasteiger partial charge in [0.15, 0.2) is 4.80 Å². The van der Waals surface area contributed by atoms with Gasteiger partial charge in [-0.2, -0.15) is 4.99 Å². The molecule has 1 aromatic carbocycles. The number of nitrogens with zero attached hydrogens (tertiary/aromatic N) is 2. The van der Waals surface area contributed by atoms with E-state index in [0.29, 0.717) is 10.6 Å². The third-order valence-corrected chi connectivity index (χ3v) is 5.34. The molecule has 0 aliphatic carbocycles. The second-order valence-electron chi connectivity index (χ2n) is 5.31. The van der Waals surface area contributed by atoms with Crippen molar-refractivity contribution in [2.24, 2.45) is 12.0 Å². The molecule has 0 atom stereocenters. The van der Waals surface area contributed by atoms with E-state index in [0.717, 1.165) is 11.2 Å². The van der Waals surface area contributed by atoms with E-state index in [9.17, 15) is 4.79 Å². The molecule has 2 aromatic rings. The smallest absolute Gasteiger partial charge is 0.281 e. The monoisotopic (exact) mass is 336 g/mol. The Balaban J connectivity index is 2.30. The summed E-state index contributed by atoms with van der Waals surface area (Å²) in [6, 6.07) is 7.02. The number of carbonyl (C=O) groups excluding carboxylic acids is 1. The average Bonchev–Trinajstić information content (AvgIpc) is 2.76. The maximum absolute atomic E-state index is 12.3. The Kier molecular flexibility index (Phi) is 5.98. The summed E-state index contributed by atoms with van der Waals surface area (Å²) < 4.78 is 1.99. The Hall–Kier alpha value is -1.39. The minimum atomic E-state index is -0.289. The molecule has 1 aromatic heterocycles. The molecule has 5 heteroatoms. The van der Waals surface area contributed by atoms with Crippen molar-refractivity contribution in [1.82, 2.24) is 4.57 Å². The zero-order valence-corrected chi connectivity index (χ0v) is 14.8. The lowest BCUT2D eigenvalue weighted by atomic mass is 10.2. The summed E-state index contributed by atoms with van der Waals surface area (Å²) in [6.07, 6.45) is 4.66. The van der Waals surface area contributed by atoms with Gasteiger partial charge in [0.05, 0.1) is 10.6 Å². The first-order valence-corrected chi connectivity index (χ1v) is 8.73. The molecule has 0 aliphatic rings. The molecule has 0 saturated carbocycles. The minimum absolute atomic E-state index is 0.289. The number of amides is 1. The van der Waals surface area contributed by atoms with E-state index in [4.69, 9.17) is 11.6 Å². The molecule has 1 amide bonds. The van der Waals surface area contributed by atoms with Crippen LogP contribution in [0.3, 0.4) is 0 Å². The first-order chi connectivity index (χ1) is 10.5. The van der Waals surface area contributed by atoms with Crippen molar-refractivity contribution in [3.8, 4) is 0 Å². The van der Waals surface area contributed by atoms with Crippen molar-refractivity contribution < 1.29 is 4.79 Å². The Labute approximate surface area is 140 Å². The van der Waals surface area contributed by atoms with Crippen molar-refractivity contribution in [1.29, 1.82) is 0 Å². The second-order valence-corrected chi connectivity index (χ2v) is 6.78. The van der Waals surface area contributed by atoms with Gasteiger partial charge in [-0.3, -0.25) is 4.79 Å². The summed E-state index contributed by atoms with van der Waals surface area (Å²) in [5.74, 6) is -0.289. The molecule has 2 rings (SSSR count). The molecule has 22 heavy (non-hydrogen) atoms. The van der Waals surface area contributed by atoms with Crippen molar-refractivity contribution in [3.63, 3.8) is 0 Å². The van der Waals surface area contributed by atoms with Gasteiger partial charge in [-0.1, -0.05) is 43.5 Å². The van der Waals surface area contributed by atoms with Crippen LogP contribution in [0.1, 0.15) is 47.1 Å². The lowest BCUT2D eigenvalue weighted by Crippen LogP contribution is -2.14. The van der Waals surface area contributed by atoms with Crippen LogP contribution >= 0.6 is 22.9 Å². The zero-order chi connectivity index (χ0) is 16.1. The van der Waals surface area contributed by atoms with Crippen LogP contribution in [0, 0.1) is 6.92 Å². The quantitative estimate of drug-likeness (QED) is 0.739. The van der Waals surface area contributed by atoms with Crippen LogP contribution in [0.15, 0.2) is 29.3 Å². The van der Waals surface area contributed by atoms with Crippen molar-refractivity contribution in [3.05, 3.63) is 50.2 Å². The highest BCUT2D eigenvalue weighted by Gasteiger charge is 2.11. The molecule has 0 unspecified atom stereocenters. The van der Waals surface area contributed by atoms with Gasteiger partial charge in [-0.05, 0) is 31.9 Å². The van der Waals surface area contributed by atoms with Gasteiger partial charge < -0.3 is 4.57 Å². The standard InChI is InChI=1S/C17H21ClN2OS/c1-4-5-6-11-15-12(2)20(3)17(22-15)19-16(21)13-9-7-8-10-14(13)18/h7-10H,4-6,11H2,1-3H3. The van der Waals surface area contributed by atoms with E-state index in [-0.39, 0.29) is 5.91 Å². The number of hydrogen-bond acceptors (Lipinski definition) is 2. The average molecular weight is 337 g/mol. The predicted molar refractivity (Wildman–Crippen MR) is 92.6 cm³/mol. The fraction of sp³-hybridized carbons (Fsp3) is 0.412. The van der Waals surface area contributed by atoms with Crippen LogP contribution in [-0.2, 0) is 13.5 Å². The first-order valence-electron chi connectivity index (χ1n) is 7.53. The van der Waals surface area contributed by atoms with E-state index < -0.39 is 0 Å². The number of hydrogen-bond donors (Lipinski definition) is 0. The Morgan fingerprint density at radius 1 is 1.32 bits per heavy atom. The predicted octanol–water partition coefficient (Wildman–Crippen LogP) is 4.52. The molecule has 0 spiro atoms. The van der Waals surface area contributed by atoms with Crippen LogP contribution in [0.5, 0.6) is 0 Å². The van der Waals surface area contributed by atoms with Crippen LogP contribution in [-0.4, -0.2) is 10.5 Å². The van der Waals surface area contributed by atoms with Gasteiger partial charge in [0, 0.05) is 17.6 Å². The van der Waals surface area contributed by atoms with Crippen molar-refractivity contribution in [2.75, 3.05) is 0 Å². The number of thiazole rings is 1. The van der Waals surface area contributed by atoms with Gasteiger partial charge in [-0.15, -0.1) is 11.3 Å². The zero-order valence-electron chi connectivity index (χ0n) is 13.2. The van der Waals surface area contributed by atoms with E-state index in [2.05, 4.69) is 18.8 Å². The fourth-order valence-corrected chi connectivity index (χ4v) is 3.60. The van der Waals surface area contributed by atoms with Gasteiger partial charge in [0.25, 0.3) is 5.91 Å². The van der Waals surface area contributed by atoms with Gasteiger partial charge in [-0.25, -0.2) is 0 Å². The van der Waals surface area contributed by atoms with Crippen LogP contribution in [0.25, 0.3) is 0 Å². The summed E-state index contributed by atoms with van der Waals surface area (Å²) in [5.41, 5.74) is 1.63. The maximum Gasteiger partial charge on any atom is 0.281 e. The number of halogens is 1. The van der Waals surface area contributed by atoms with E-state index >= 15 is 0 Å². The lowest BCUT2D eigenvalue weighted by molar-refractivity contribution is 0.0998. The van der Waals surface area contributed by atoms with E-state index in [1.807, 2.05) is 11.6 Å². The number of benzene rings is 1. The Morgan fingerprint density at radius 2 is 2.05 bits per heavy atom. The molecule has 0 aliphatic heterocycles. The first kappa shape index (κ1) is 17.0. The number of rotatable bonds is 5. The van der Waals surface area contributed by atoms with E-state index in [1.54, 1.807) is 35.6 Å². The van der Waals surface area contributed by atoms with Crippen LogP contribution < -0.4 is 4.80 Å². The van der Waals surface area contributed by atoms with Crippen molar-refractivity contribution >= 4 is 28.8 Å². The molecule has 118 valence electrons. The highest BCUT2D eigenvalue weighted by atomic mass is 35.5. The summed E-state index contributed by atoms with van der Waals surface area (Å²) in [5, 5.41) is 0.440. The Bertz CT molecular complexity index is 731. The number of aryl methyl sites for hydroxylation is 1. The SMILES string of the molecule is CCCCCc1sc(=NC(=O)c2ccccc2Cl)n(C)c1C. The summed E-state index contributed by atoms with van der Waals surface area (Å²) in [6.45, 7) is 4.28. The molecular formula is C17H21ClN2OS. The minimum Gasteiger partial charge on any atom is -0.324 e. The summed E-state index contributed by atoms with van der Waals surface area (Å²) in [4.78, 5) is 18.6.